The van der Waals surface area contributed by atoms with Gasteiger partial charge < -0.3 is 4.90 Å². The largest absolute Gasteiger partial charge is 0.306 e. The summed E-state index contributed by atoms with van der Waals surface area (Å²) in [7, 11) is -3.15. The van der Waals surface area contributed by atoms with Crippen molar-refractivity contribution in [2.24, 2.45) is 0 Å². The van der Waals surface area contributed by atoms with Gasteiger partial charge in [-0.1, -0.05) is 23.3 Å². The molecule has 2 heterocycles. The van der Waals surface area contributed by atoms with Gasteiger partial charge in [0.25, 0.3) is 0 Å². The first-order valence-corrected chi connectivity index (χ1v) is 11.8. The molecule has 4 rings (SSSR count). The average Bonchev–Trinajstić information content (AvgIpc) is 2.97. The normalized spacial score (nSPS) is 28.1. The van der Waals surface area contributed by atoms with Crippen molar-refractivity contribution in [3.8, 4) is 0 Å². The van der Waals surface area contributed by atoms with Crippen molar-refractivity contribution in [3.05, 3.63) is 40.9 Å². The summed E-state index contributed by atoms with van der Waals surface area (Å²) >= 11 is 5.97. The predicted molar refractivity (Wildman–Crippen MR) is 108 cm³/mol. The third-order valence-electron chi connectivity index (χ3n) is 5.91. The van der Waals surface area contributed by atoms with E-state index < -0.39 is 9.84 Å². The van der Waals surface area contributed by atoms with Gasteiger partial charge in [0.2, 0.25) is 5.91 Å². The van der Waals surface area contributed by atoms with Crippen LogP contribution in [0.5, 0.6) is 0 Å². The van der Waals surface area contributed by atoms with E-state index in [1.54, 1.807) is 29.2 Å². The highest BCUT2D eigenvalue weighted by atomic mass is 35.5. The van der Waals surface area contributed by atoms with Crippen LogP contribution in [0.2, 0.25) is 5.02 Å². The second-order valence-corrected chi connectivity index (χ2v) is 10.4. The fourth-order valence-corrected chi connectivity index (χ4v) is 6.67. The number of amides is 1. The number of nitrogens with zero attached hydrogens (tertiary/aromatic N) is 2. The Balaban J connectivity index is 1.56. The molecule has 1 amide bonds. The number of rotatable bonds is 4. The molecule has 2 saturated heterocycles. The average molecular weight is 409 g/mol. The van der Waals surface area contributed by atoms with Gasteiger partial charge >= 0.3 is 0 Å². The first-order valence-electron chi connectivity index (χ1n) is 9.63. The Kier molecular flexibility index (Phi) is 5.32. The molecule has 1 aromatic rings. The van der Waals surface area contributed by atoms with E-state index in [1.807, 2.05) is 0 Å². The van der Waals surface area contributed by atoms with Crippen LogP contribution in [-0.2, 0) is 14.6 Å². The lowest BCUT2D eigenvalue weighted by molar-refractivity contribution is -0.123. The highest BCUT2D eigenvalue weighted by Crippen LogP contribution is 2.33. The van der Waals surface area contributed by atoms with Crippen molar-refractivity contribution in [3.63, 3.8) is 0 Å². The van der Waals surface area contributed by atoms with Crippen LogP contribution in [0.25, 0.3) is 0 Å². The van der Waals surface area contributed by atoms with E-state index in [1.165, 1.54) is 18.4 Å². The molecule has 0 bridgehead atoms. The van der Waals surface area contributed by atoms with Crippen LogP contribution in [0.3, 0.4) is 0 Å². The zero-order valence-corrected chi connectivity index (χ0v) is 16.9. The van der Waals surface area contributed by atoms with Gasteiger partial charge in [0.15, 0.2) is 9.84 Å². The van der Waals surface area contributed by atoms with Gasteiger partial charge in [-0.05, 0) is 56.4 Å². The molecule has 0 unspecified atom stereocenters. The molecular weight excluding hydrogens is 384 g/mol. The quantitative estimate of drug-likeness (QED) is 0.718. The number of fused-ring (bicyclic) bond motifs is 1. The fraction of sp³-hybridized carbons (Fsp3) is 0.550. The molecule has 0 spiro atoms. The topological polar surface area (TPSA) is 57.7 Å². The summed E-state index contributed by atoms with van der Waals surface area (Å²) in [5, 5.41) is 0.598. The first-order chi connectivity index (χ1) is 12.9. The number of benzene rings is 1. The van der Waals surface area contributed by atoms with E-state index in [0.29, 0.717) is 5.02 Å². The van der Waals surface area contributed by atoms with Crippen LogP contribution >= 0.6 is 11.6 Å². The van der Waals surface area contributed by atoms with Crippen LogP contribution in [0.15, 0.2) is 35.9 Å². The third kappa shape index (κ3) is 4.08. The van der Waals surface area contributed by atoms with Crippen LogP contribution in [-0.4, -0.2) is 55.9 Å². The third-order valence-corrected chi connectivity index (χ3v) is 7.86. The van der Waals surface area contributed by atoms with Crippen LogP contribution in [0.4, 0.5) is 5.69 Å². The number of carbonyl (C=O) groups excluding carboxylic acids is 1. The summed E-state index contributed by atoms with van der Waals surface area (Å²) in [6, 6.07) is 6.62. The molecule has 0 saturated carbocycles. The second kappa shape index (κ2) is 7.57. The summed E-state index contributed by atoms with van der Waals surface area (Å²) in [5.74, 6) is 0.132. The Morgan fingerprint density at radius 3 is 2.52 bits per heavy atom. The summed E-state index contributed by atoms with van der Waals surface area (Å²) in [4.78, 5) is 16.7. The lowest BCUT2D eigenvalue weighted by Crippen LogP contribution is -2.62. The molecule has 0 radical (unpaired) electrons. The van der Waals surface area contributed by atoms with Gasteiger partial charge in [0.05, 0.1) is 24.1 Å². The number of hydrogen-bond donors (Lipinski definition) is 0. The molecule has 3 aliphatic rings. The fourth-order valence-electron chi connectivity index (χ4n) is 4.56. The Morgan fingerprint density at radius 1 is 1.07 bits per heavy atom. The van der Waals surface area contributed by atoms with Crippen molar-refractivity contribution >= 4 is 33.0 Å². The number of anilines is 1. The van der Waals surface area contributed by atoms with E-state index in [4.69, 9.17) is 11.6 Å². The van der Waals surface area contributed by atoms with E-state index in [-0.39, 0.29) is 36.0 Å². The van der Waals surface area contributed by atoms with E-state index in [9.17, 15) is 13.2 Å². The number of piperazine rings is 1. The standard InChI is InChI=1S/C20H25ClN2O3S/c21-16-6-8-17(9-7-16)23-19-14-27(25,26)13-18(19)22(12-20(23)24)11-10-15-4-2-1-3-5-15/h4,6-9,18-19H,1-3,5,10-14H2/t18-,19-/m1/s1. The van der Waals surface area contributed by atoms with Gasteiger partial charge in [-0.25, -0.2) is 8.42 Å². The Bertz CT molecular complexity index is 850. The molecule has 0 N–H and O–H groups in total. The molecule has 0 aromatic heterocycles. The Labute approximate surface area is 165 Å². The van der Waals surface area contributed by atoms with Crippen molar-refractivity contribution in [2.75, 3.05) is 29.5 Å². The van der Waals surface area contributed by atoms with Gasteiger partial charge in [0.1, 0.15) is 0 Å². The maximum atomic E-state index is 12.9. The summed E-state index contributed by atoms with van der Waals surface area (Å²) in [6.07, 6.45) is 8.00. The Hall–Kier alpha value is -1.37. The maximum absolute atomic E-state index is 12.9. The van der Waals surface area contributed by atoms with Crippen molar-refractivity contribution in [2.45, 2.75) is 44.2 Å². The summed E-state index contributed by atoms with van der Waals surface area (Å²) in [6.45, 7) is 1.02. The van der Waals surface area contributed by atoms with Crippen LogP contribution in [0.1, 0.15) is 32.1 Å². The lowest BCUT2D eigenvalue weighted by atomic mass is 9.96. The maximum Gasteiger partial charge on any atom is 0.241 e. The monoisotopic (exact) mass is 408 g/mol. The summed E-state index contributed by atoms with van der Waals surface area (Å²) in [5.41, 5.74) is 2.18. The highest BCUT2D eigenvalue weighted by Gasteiger charge is 2.49. The number of carbonyl (C=O) groups is 1. The molecule has 7 heteroatoms. The van der Waals surface area contributed by atoms with Crippen molar-refractivity contribution < 1.29 is 13.2 Å². The van der Waals surface area contributed by atoms with Gasteiger partial charge in [-0.2, -0.15) is 0 Å². The van der Waals surface area contributed by atoms with Gasteiger partial charge in [-0.15, -0.1) is 0 Å². The molecular formula is C20H25ClN2O3S. The van der Waals surface area contributed by atoms with E-state index in [2.05, 4.69) is 11.0 Å². The predicted octanol–water partition coefficient (Wildman–Crippen LogP) is 3.04. The van der Waals surface area contributed by atoms with Crippen molar-refractivity contribution in [1.82, 2.24) is 4.90 Å². The minimum Gasteiger partial charge on any atom is -0.306 e. The van der Waals surface area contributed by atoms with Crippen LogP contribution < -0.4 is 4.90 Å². The minimum atomic E-state index is -3.15. The van der Waals surface area contributed by atoms with Crippen molar-refractivity contribution in [1.29, 1.82) is 0 Å². The number of halogens is 1. The summed E-state index contributed by atoms with van der Waals surface area (Å²) < 4.78 is 24.8. The van der Waals surface area contributed by atoms with Gasteiger partial charge in [-0.3, -0.25) is 9.69 Å². The SMILES string of the molecule is O=C1CN(CCC2=CCCCC2)[C@@H]2CS(=O)(=O)C[C@H]2N1c1ccc(Cl)cc1. The smallest absolute Gasteiger partial charge is 0.241 e. The second-order valence-electron chi connectivity index (χ2n) is 7.78. The molecule has 5 nitrogen and oxygen atoms in total. The van der Waals surface area contributed by atoms with E-state index >= 15 is 0 Å². The molecule has 1 aromatic carbocycles. The molecule has 146 valence electrons. The number of allylic oxidation sites excluding steroid dienone is 1. The molecule has 2 atom stereocenters. The van der Waals surface area contributed by atoms with E-state index in [0.717, 1.165) is 31.5 Å². The first kappa shape index (κ1) is 19.0. The lowest BCUT2D eigenvalue weighted by Gasteiger charge is -2.43. The zero-order valence-electron chi connectivity index (χ0n) is 15.3. The zero-order chi connectivity index (χ0) is 19.0. The Morgan fingerprint density at radius 2 is 1.81 bits per heavy atom. The highest BCUT2D eigenvalue weighted by molar-refractivity contribution is 7.91. The number of sulfone groups is 1. The minimum absolute atomic E-state index is 0.0330. The molecule has 2 aliphatic heterocycles. The van der Waals surface area contributed by atoms with Gasteiger partial charge in [0, 0.05) is 23.3 Å². The number of hydrogen-bond acceptors (Lipinski definition) is 4. The van der Waals surface area contributed by atoms with Crippen LogP contribution in [0, 0.1) is 0 Å². The molecule has 1 aliphatic carbocycles. The molecule has 2 fully saturated rings. The molecule has 27 heavy (non-hydrogen) atoms.